The van der Waals surface area contributed by atoms with Gasteiger partial charge in [0.25, 0.3) is 0 Å². The van der Waals surface area contributed by atoms with E-state index < -0.39 is 10.8 Å². The Hall–Kier alpha value is -7.48. The van der Waals surface area contributed by atoms with Gasteiger partial charge in [0, 0.05) is 11.1 Å². The molecule has 0 bridgehead atoms. The van der Waals surface area contributed by atoms with E-state index in [0.29, 0.717) is 0 Å². The molecule has 14 rings (SSSR count). The van der Waals surface area contributed by atoms with Crippen LogP contribution >= 0.6 is 0 Å². The molecule has 4 aliphatic rings. The van der Waals surface area contributed by atoms with Crippen molar-refractivity contribution in [3.05, 3.63) is 251 Å². The molecule has 1 heterocycles. The molecule has 2 spiro atoms. The largest absolute Gasteiger partial charge is 0.457 e. The molecule has 1 aliphatic heterocycles. The first-order valence-corrected chi connectivity index (χ1v) is 20.7. The molecular weight excluding hydrogens is 713 g/mol. The molecule has 0 saturated heterocycles. The number of ether oxygens (including phenoxy) is 1. The van der Waals surface area contributed by atoms with Crippen LogP contribution in [-0.2, 0) is 10.8 Å². The van der Waals surface area contributed by atoms with E-state index in [2.05, 4.69) is 206 Å². The maximum absolute atomic E-state index is 7.06. The summed E-state index contributed by atoms with van der Waals surface area (Å²) < 4.78 is 7.06. The summed E-state index contributed by atoms with van der Waals surface area (Å²) in [7, 11) is 0. The first kappa shape index (κ1) is 31.6. The summed E-state index contributed by atoms with van der Waals surface area (Å²) in [6, 6.07) is 77.3. The van der Waals surface area contributed by atoms with Gasteiger partial charge in [0.15, 0.2) is 0 Å². The van der Waals surface area contributed by atoms with E-state index in [1.807, 2.05) is 0 Å². The normalized spacial score (nSPS) is 16.5. The number of benzene rings is 10. The predicted octanol–water partition coefficient (Wildman–Crippen LogP) is 14.5. The van der Waals surface area contributed by atoms with Crippen molar-refractivity contribution < 1.29 is 4.74 Å². The molecule has 272 valence electrons. The molecule has 0 amide bonds. The first-order chi connectivity index (χ1) is 29.3. The van der Waals surface area contributed by atoms with Gasteiger partial charge in [-0.3, -0.25) is 0 Å². The van der Waals surface area contributed by atoms with Crippen LogP contribution in [0.2, 0.25) is 0 Å². The van der Waals surface area contributed by atoms with E-state index in [1.165, 1.54) is 111 Å². The molecule has 3 aliphatic carbocycles. The average molecular weight is 747 g/mol. The fourth-order valence-corrected chi connectivity index (χ4v) is 12.0. The Bertz CT molecular complexity index is 3450. The third kappa shape index (κ3) is 3.73. The lowest BCUT2D eigenvalue weighted by molar-refractivity contribution is 0.437. The van der Waals surface area contributed by atoms with Crippen molar-refractivity contribution in [2.75, 3.05) is 0 Å². The molecule has 0 fully saturated rings. The number of fused-ring (bicyclic) bond motifs is 22. The van der Waals surface area contributed by atoms with Gasteiger partial charge in [-0.25, -0.2) is 0 Å². The second-order valence-electron chi connectivity index (χ2n) is 16.6. The topological polar surface area (TPSA) is 9.23 Å². The molecule has 0 N–H and O–H groups in total. The van der Waals surface area contributed by atoms with Crippen molar-refractivity contribution in [2.24, 2.45) is 0 Å². The Labute approximate surface area is 342 Å². The summed E-state index contributed by atoms with van der Waals surface area (Å²) in [6.45, 7) is 0. The van der Waals surface area contributed by atoms with Gasteiger partial charge in [0.05, 0.1) is 10.8 Å². The van der Waals surface area contributed by atoms with Crippen molar-refractivity contribution in [1.29, 1.82) is 0 Å². The van der Waals surface area contributed by atoms with Crippen molar-refractivity contribution in [2.45, 2.75) is 10.8 Å². The zero-order valence-electron chi connectivity index (χ0n) is 32.0. The van der Waals surface area contributed by atoms with Gasteiger partial charge in [-0.2, -0.15) is 0 Å². The van der Waals surface area contributed by atoms with E-state index >= 15 is 0 Å². The Morgan fingerprint density at radius 2 is 0.814 bits per heavy atom. The summed E-state index contributed by atoms with van der Waals surface area (Å²) in [5.41, 5.74) is 19.5. The highest BCUT2D eigenvalue weighted by Crippen LogP contribution is 2.67. The van der Waals surface area contributed by atoms with Crippen molar-refractivity contribution in [3.63, 3.8) is 0 Å². The molecule has 1 unspecified atom stereocenters. The maximum atomic E-state index is 7.06. The van der Waals surface area contributed by atoms with Gasteiger partial charge in [-0.05, 0) is 124 Å². The number of rotatable bonds is 1. The monoisotopic (exact) mass is 746 g/mol. The van der Waals surface area contributed by atoms with E-state index in [4.69, 9.17) is 4.74 Å². The summed E-state index contributed by atoms with van der Waals surface area (Å²) in [5.74, 6) is 1.81. The average Bonchev–Trinajstić information content (AvgIpc) is 3.89. The van der Waals surface area contributed by atoms with Gasteiger partial charge >= 0.3 is 0 Å². The standard InChI is InChI=1S/C58H34O/c1-2-16-37-34-54-52(32-36(37)15-1)57(46-24-9-5-18-41(46)42-19-6-10-25-47(42)57)51-33-38(29-31-53(51)59-54)40-22-13-23-44-43-20-7-11-26-48(43)58(56(40)44)49-27-12-8-21-45(49)55-39-17-4-3-14-35(39)28-30-50(55)58/h1-34H. The van der Waals surface area contributed by atoms with Crippen LogP contribution in [0, 0.1) is 0 Å². The highest BCUT2D eigenvalue weighted by molar-refractivity contribution is 6.07. The third-order valence-electron chi connectivity index (χ3n) is 14.1. The highest BCUT2D eigenvalue weighted by atomic mass is 16.5. The molecule has 1 heteroatoms. The molecular formula is C58H34O. The summed E-state index contributed by atoms with van der Waals surface area (Å²) >= 11 is 0. The summed E-state index contributed by atoms with van der Waals surface area (Å²) in [5, 5.41) is 4.96. The van der Waals surface area contributed by atoms with Crippen LogP contribution in [0.1, 0.15) is 44.5 Å². The minimum absolute atomic E-state index is 0.499. The smallest absolute Gasteiger partial charge is 0.132 e. The molecule has 59 heavy (non-hydrogen) atoms. The van der Waals surface area contributed by atoms with Crippen LogP contribution < -0.4 is 4.74 Å². The SMILES string of the molecule is c1ccc2c(c1)-c1ccccc1C21c2cc(-c3cccc4c3C3(c5ccccc5-4)c4ccccc4-c4c3ccc3ccccc43)ccc2Oc2cc3ccccc3cc21. The van der Waals surface area contributed by atoms with Crippen LogP contribution in [0.15, 0.2) is 206 Å². The molecule has 0 radical (unpaired) electrons. The van der Waals surface area contributed by atoms with Crippen molar-refractivity contribution in [1.82, 2.24) is 0 Å². The van der Waals surface area contributed by atoms with Crippen LogP contribution in [0.5, 0.6) is 11.5 Å². The van der Waals surface area contributed by atoms with Crippen molar-refractivity contribution >= 4 is 21.5 Å². The second-order valence-corrected chi connectivity index (χ2v) is 16.6. The van der Waals surface area contributed by atoms with E-state index in [-0.39, 0.29) is 0 Å². The minimum Gasteiger partial charge on any atom is -0.457 e. The quantitative estimate of drug-likeness (QED) is 0.163. The van der Waals surface area contributed by atoms with E-state index in [0.717, 1.165) is 11.5 Å². The van der Waals surface area contributed by atoms with Crippen LogP contribution in [0.4, 0.5) is 0 Å². The molecule has 1 atom stereocenters. The third-order valence-corrected chi connectivity index (χ3v) is 14.1. The Morgan fingerprint density at radius 3 is 1.54 bits per heavy atom. The number of hydrogen-bond donors (Lipinski definition) is 0. The van der Waals surface area contributed by atoms with Gasteiger partial charge < -0.3 is 4.74 Å². The van der Waals surface area contributed by atoms with Gasteiger partial charge in [0.2, 0.25) is 0 Å². The summed E-state index contributed by atoms with van der Waals surface area (Å²) in [4.78, 5) is 0. The molecule has 10 aromatic carbocycles. The molecule has 0 saturated carbocycles. The van der Waals surface area contributed by atoms with Crippen LogP contribution in [0.3, 0.4) is 0 Å². The minimum atomic E-state index is -0.583. The van der Waals surface area contributed by atoms with Gasteiger partial charge in [-0.1, -0.05) is 182 Å². The molecule has 1 nitrogen and oxygen atoms in total. The summed E-state index contributed by atoms with van der Waals surface area (Å²) in [6.07, 6.45) is 0. The fraction of sp³-hybridized carbons (Fsp3) is 0.0345. The molecule has 10 aromatic rings. The fourth-order valence-electron chi connectivity index (χ4n) is 12.0. The zero-order chi connectivity index (χ0) is 38.5. The van der Waals surface area contributed by atoms with Gasteiger partial charge in [-0.15, -0.1) is 0 Å². The predicted molar refractivity (Wildman–Crippen MR) is 241 cm³/mol. The maximum Gasteiger partial charge on any atom is 0.132 e. The number of hydrogen-bond acceptors (Lipinski definition) is 1. The van der Waals surface area contributed by atoms with Crippen LogP contribution in [0.25, 0.3) is 66.1 Å². The lowest BCUT2D eigenvalue weighted by Gasteiger charge is -2.40. The Balaban J connectivity index is 1.10. The van der Waals surface area contributed by atoms with E-state index in [9.17, 15) is 0 Å². The second kappa shape index (κ2) is 11.1. The zero-order valence-corrected chi connectivity index (χ0v) is 32.0. The van der Waals surface area contributed by atoms with Crippen molar-refractivity contribution in [3.8, 4) is 56.0 Å². The van der Waals surface area contributed by atoms with E-state index in [1.54, 1.807) is 0 Å². The Kier molecular flexibility index (Phi) is 5.96. The lowest BCUT2D eigenvalue weighted by Crippen LogP contribution is -2.32. The Morgan fingerprint density at radius 1 is 0.288 bits per heavy atom. The van der Waals surface area contributed by atoms with Crippen LogP contribution in [-0.4, -0.2) is 0 Å². The molecule has 0 aromatic heterocycles. The lowest BCUT2D eigenvalue weighted by atomic mass is 9.65. The first-order valence-electron chi connectivity index (χ1n) is 20.7. The van der Waals surface area contributed by atoms with Gasteiger partial charge in [0.1, 0.15) is 11.5 Å². The highest BCUT2D eigenvalue weighted by Gasteiger charge is 2.54.